The molecule has 2 amide bonds. The molecule has 1 saturated carbocycles. The number of amides is 2. The third kappa shape index (κ3) is 5.14. The van der Waals surface area contributed by atoms with Crippen LogP contribution in [0, 0.1) is 29.0 Å². The first kappa shape index (κ1) is 25.1. The lowest BCUT2D eigenvalue weighted by Gasteiger charge is -2.22. The van der Waals surface area contributed by atoms with Gasteiger partial charge >= 0.3 is 0 Å². The van der Waals surface area contributed by atoms with Crippen LogP contribution in [0.4, 0.5) is 14.5 Å². The van der Waals surface area contributed by atoms with Crippen LogP contribution in [0.25, 0.3) is 0 Å². The van der Waals surface area contributed by atoms with Crippen LogP contribution in [0.1, 0.15) is 16.8 Å². The molecule has 0 aromatic heterocycles. The zero-order valence-corrected chi connectivity index (χ0v) is 20.5. The molecule has 0 radical (unpaired) electrons. The van der Waals surface area contributed by atoms with E-state index in [1.54, 1.807) is 17.0 Å². The maximum atomic E-state index is 13.6. The highest BCUT2D eigenvalue weighted by Crippen LogP contribution is 2.45. The summed E-state index contributed by atoms with van der Waals surface area (Å²) in [6.07, 6.45) is -1.12. The van der Waals surface area contributed by atoms with Gasteiger partial charge in [-0.15, -0.1) is 0 Å². The molecule has 2 aromatic carbocycles. The zero-order chi connectivity index (χ0) is 26.3. The molecule has 4 atom stereocenters. The SMILES string of the molecule is N#C[C@@H]1C[C@H](F)CN1C(=O)CNC1C2CN(C(=O)c3ccc(NS(=O)(=O)c4ccc(F)cc4)cc3)CC21. The van der Waals surface area contributed by atoms with E-state index < -0.39 is 28.1 Å². The highest BCUT2D eigenvalue weighted by molar-refractivity contribution is 7.92. The van der Waals surface area contributed by atoms with Crippen molar-refractivity contribution in [1.29, 1.82) is 5.26 Å². The van der Waals surface area contributed by atoms with Gasteiger partial charge in [0.25, 0.3) is 15.9 Å². The van der Waals surface area contributed by atoms with Crippen LogP contribution in [0.2, 0.25) is 0 Å². The van der Waals surface area contributed by atoms with Crippen molar-refractivity contribution in [3.63, 3.8) is 0 Å². The van der Waals surface area contributed by atoms with Crippen LogP contribution in [0.5, 0.6) is 0 Å². The number of fused-ring (bicyclic) bond motifs is 1. The van der Waals surface area contributed by atoms with Crippen molar-refractivity contribution in [1.82, 2.24) is 15.1 Å². The number of hydrogen-bond donors (Lipinski definition) is 2. The minimum atomic E-state index is -3.89. The van der Waals surface area contributed by atoms with Crippen molar-refractivity contribution < 1.29 is 26.8 Å². The van der Waals surface area contributed by atoms with Crippen molar-refractivity contribution in [2.45, 2.75) is 29.6 Å². The average molecular weight is 530 g/mol. The molecule has 0 spiro atoms. The molecule has 3 fully saturated rings. The van der Waals surface area contributed by atoms with E-state index in [4.69, 9.17) is 5.26 Å². The fourth-order valence-corrected chi connectivity index (χ4v) is 6.23. The first-order valence-corrected chi connectivity index (χ1v) is 13.4. The number of anilines is 1. The number of nitriles is 1. The van der Waals surface area contributed by atoms with Crippen molar-refractivity contribution in [2.75, 3.05) is 30.9 Å². The fraction of sp³-hybridized carbons (Fsp3) is 0.400. The van der Waals surface area contributed by atoms with Gasteiger partial charge in [0.1, 0.15) is 18.0 Å². The van der Waals surface area contributed by atoms with Crippen molar-refractivity contribution >= 4 is 27.5 Å². The van der Waals surface area contributed by atoms with E-state index in [2.05, 4.69) is 10.0 Å². The molecule has 5 rings (SSSR count). The second-order valence-electron chi connectivity index (χ2n) is 9.61. The Hall–Kier alpha value is -3.56. The van der Waals surface area contributed by atoms with Gasteiger partial charge in [-0.1, -0.05) is 0 Å². The fourth-order valence-electron chi connectivity index (χ4n) is 5.18. The molecule has 1 aliphatic carbocycles. The lowest BCUT2D eigenvalue weighted by Crippen LogP contribution is -2.43. The van der Waals surface area contributed by atoms with Crippen LogP contribution in [-0.4, -0.2) is 74.5 Å². The number of hydrogen-bond acceptors (Lipinski definition) is 6. The molecule has 194 valence electrons. The standard InChI is InChI=1S/C25H25F2N5O4S/c26-16-3-7-20(8-4-16)37(35,36)30-18-5-1-15(2-6-18)25(34)31-13-21-22(14-31)24(21)29-11-23(33)32-12-17(27)9-19(32)10-28/h1-8,17,19,21-22,24,29-30H,9,11-14H2/t17-,19-,21?,22?,24?/m0/s1. The lowest BCUT2D eigenvalue weighted by atomic mass is 10.2. The highest BCUT2D eigenvalue weighted by atomic mass is 32.2. The Bertz CT molecular complexity index is 1330. The van der Waals surface area contributed by atoms with Gasteiger partial charge in [0.05, 0.1) is 24.1 Å². The van der Waals surface area contributed by atoms with Crippen molar-refractivity contribution in [2.24, 2.45) is 11.8 Å². The number of nitrogens with one attached hydrogen (secondary N) is 2. The maximum Gasteiger partial charge on any atom is 0.261 e. The summed E-state index contributed by atoms with van der Waals surface area (Å²) >= 11 is 0. The van der Waals surface area contributed by atoms with Gasteiger partial charge in [0, 0.05) is 36.8 Å². The predicted molar refractivity (Wildman–Crippen MR) is 129 cm³/mol. The smallest absolute Gasteiger partial charge is 0.261 e. The third-order valence-electron chi connectivity index (χ3n) is 7.20. The van der Waals surface area contributed by atoms with Crippen molar-refractivity contribution in [3.05, 3.63) is 59.9 Å². The molecular weight excluding hydrogens is 504 g/mol. The Morgan fingerprint density at radius 1 is 1.03 bits per heavy atom. The average Bonchev–Trinajstić information content (AvgIpc) is 3.18. The van der Waals surface area contributed by atoms with E-state index >= 15 is 0 Å². The molecule has 2 saturated heterocycles. The molecular formula is C25H25F2N5O4S. The van der Waals surface area contributed by atoms with Crippen LogP contribution < -0.4 is 10.0 Å². The quantitative estimate of drug-likeness (QED) is 0.564. The number of sulfonamides is 1. The summed E-state index contributed by atoms with van der Waals surface area (Å²) in [5, 5.41) is 12.3. The van der Waals surface area contributed by atoms with Gasteiger partial charge in [-0.25, -0.2) is 17.2 Å². The molecule has 2 aliphatic heterocycles. The number of nitrogens with zero attached hydrogens (tertiary/aromatic N) is 3. The Balaban J connectivity index is 1.10. The summed E-state index contributed by atoms with van der Waals surface area (Å²) in [6.45, 7) is 1.05. The van der Waals surface area contributed by atoms with E-state index in [-0.39, 0.29) is 59.8 Å². The molecule has 9 nitrogen and oxygen atoms in total. The summed E-state index contributed by atoms with van der Waals surface area (Å²) in [7, 11) is -3.89. The largest absolute Gasteiger partial charge is 0.338 e. The molecule has 37 heavy (non-hydrogen) atoms. The minimum Gasteiger partial charge on any atom is -0.338 e. The summed E-state index contributed by atoms with van der Waals surface area (Å²) in [6, 6.07) is 11.9. The van der Waals surface area contributed by atoms with Gasteiger partial charge in [-0.3, -0.25) is 14.3 Å². The van der Waals surface area contributed by atoms with Gasteiger partial charge in [-0.05, 0) is 60.4 Å². The third-order valence-corrected chi connectivity index (χ3v) is 8.59. The number of rotatable bonds is 7. The van der Waals surface area contributed by atoms with E-state index in [1.807, 2.05) is 6.07 Å². The second kappa shape index (κ2) is 9.72. The van der Waals surface area contributed by atoms with Gasteiger partial charge in [-0.2, -0.15) is 5.26 Å². The normalized spacial score (nSPS) is 26.5. The van der Waals surface area contributed by atoms with Crippen LogP contribution >= 0.6 is 0 Å². The summed E-state index contributed by atoms with van der Waals surface area (Å²) < 4.78 is 54.0. The number of alkyl halides is 1. The van der Waals surface area contributed by atoms with Crippen LogP contribution in [0.15, 0.2) is 53.4 Å². The Labute approximate surface area is 213 Å². The van der Waals surface area contributed by atoms with E-state index in [0.29, 0.717) is 18.7 Å². The molecule has 12 heteroatoms. The number of benzene rings is 2. The van der Waals surface area contributed by atoms with Gasteiger partial charge < -0.3 is 15.1 Å². The second-order valence-corrected chi connectivity index (χ2v) is 11.3. The van der Waals surface area contributed by atoms with E-state index in [1.165, 1.54) is 29.2 Å². The van der Waals surface area contributed by atoms with Crippen LogP contribution in [0.3, 0.4) is 0 Å². The number of likely N-dealkylation sites (tertiary alicyclic amines) is 2. The first-order valence-electron chi connectivity index (χ1n) is 11.9. The summed E-state index contributed by atoms with van der Waals surface area (Å²) in [5.74, 6) is -0.558. The highest BCUT2D eigenvalue weighted by Gasteiger charge is 2.56. The molecule has 2 heterocycles. The number of carbonyl (C=O) groups excluding carboxylic acids is 2. The first-order chi connectivity index (χ1) is 17.7. The molecule has 0 bridgehead atoms. The van der Waals surface area contributed by atoms with E-state index in [0.717, 1.165) is 12.1 Å². The Morgan fingerprint density at radius 2 is 1.68 bits per heavy atom. The number of halogens is 2. The topological polar surface area (TPSA) is 123 Å². The predicted octanol–water partition coefficient (Wildman–Crippen LogP) is 1.75. The summed E-state index contributed by atoms with van der Waals surface area (Å²) in [4.78, 5) is 28.3. The van der Waals surface area contributed by atoms with E-state index in [9.17, 15) is 26.8 Å². The molecule has 2 unspecified atom stereocenters. The van der Waals surface area contributed by atoms with Gasteiger partial charge in [0.15, 0.2) is 0 Å². The maximum absolute atomic E-state index is 13.6. The number of piperidine rings is 1. The van der Waals surface area contributed by atoms with Crippen LogP contribution in [-0.2, 0) is 14.8 Å². The zero-order valence-electron chi connectivity index (χ0n) is 19.7. The lowest BCUT2D eigenvalue weighted by molar-refractivity contribution is -0.130. The summed E-state index contributed by atoms with van der Waals surface area (Å²) in [5.41, 5.74) is 0.692. The monoisotopic (exact) mass is 529 g/mol. The molecule has 3 aliphatic rings. The number of carbonyl (C=O) groups is 2. The Kier molecular flexibility index (Phi) is 6.59. The minimum absolute atomic E-state index is 0.0335. The van der Waals surface area contributed by atoms with Gasteiger partial charge in [0.2, 0.25) is 5.91 Å². The Morgan fingerprint density at radius 3 is 2.30 bits per heavy atom. The molecule has 2 aromatic rings. The molecule has 2 N–H and O–H groups in total. The van der Waals surface area contributed by atoms with Crippen molar-refractivity contribution in [3.8, 4) is 6.07 Å².